The Morgan fingerprint density at radius 2 is 2.00 bits per heavy atom. The number of nitrogen functional groups attached to an aromatic ring is 1. The first-order valence-electron chi connectivity index (χ1n) is 7.16. The second-order valence-electron chi connectivity index (χ2n) is 5.18. The van der Waals surface area contributed by atoms with E-state index in [2.05, 4.69) is 12.0 Å². The fourth-order valence-electron chi connectivity index (χ4n) is 2.40. The highest BCUT2D eigenvalue weighted by molar-refractivity contribution is 5.97. The van der Waals surface area contributed by atoms with Crippen LogP contribution in [-0.4, -0.2) is 27.1 Å². The molecule has 0 bridgehead atoms. The van der Waals surface area contributed by atoms with Gasteiger partial charge in [-0.25, -0.2) is 0 Å². The third kappa shape index (κ3) is 3.24. The van der Waals surface area contributed by atoms with Crippen molar-refractivity contribution in [2.75, 3.05) is 12.3 Å². The molecule has 2 rings (SSSR count). The lowest BCUT2D eigenvalue weighted by Gasteiger charge is -2.22. The van der Waals surface area contributed by atoms with Gasteiger partial charge in [0.1, 0.15) is 5.69 Å². The number of nitrogens with two attached hydrogens (primary N) is 1. The Labute approximate surface area is 125 Å². The van der Waals surface area contributed by atoms with Crippen LogP contribution >= 0.6 is 0 Å². The lowest BCUT2D eigenvalue weighted by molar-refractivity contribution is 0.0733. The first kappa shape index (κ1) is 15.1. The van der Waals surface area contributed by atoms with Crippen molar-refractivity contribution in [3.63, 3.8) is 0 Å². The molecule has 2 N–H and O–H groups in total. The standard InChI is InChI=1S/C16H22N4O/c1-4-10-20(11-13-8-6-5-7-9-13)16(21)15-14(17)12(2)18-19(15)3/h5-9H,4,10-11,17H2,1-3H3. The van der Waals surface area contributed by atoms with Crippen LogP contribution in [0.25, 0.3) is 0 Å². The minimum atomic E-state index is -0.0682. The molecule has 0 aliphatic heterocycles. The number of aryl methyl sites for hydroxylation is 2. The molecule has 1 heterocycles. The fourth-order valence-corrected chi connectivity index (χ4v) is 2.40. The van der Waals surface area contributed by atoms with Crippen molar-refractivity contribution in [1.82, 2.24) is 14.7 Å². The highest BCUT2D eigenvalue weighted by Gasteiger charge is 2.23. The van der Waals surface area contributed by atoms with Crippen LogP contribution in [0.1, 0.15) is 35.1 Å². The highest BCUT2D eigenvalue weighted by Crippen LogP contribution is 2.19. The van der Waals surface area contributed by atoms with Gasteiger partial charge in [-0.1, -0.05) is 37.3 Å². The Bertz CT molecular complexity index is 619. The van der Waals surface area contributed by atoms with Gasteiger partial charge in [0.2, 0.25) is 0 Å². The number of amides is 1. The maximum Gasteiger partial charge on any atom is 0.274 e. The predicted molar refractivity (Wildman–Crippen MR) is 83.8 cm³/mol. The van der Waals surface area contributed by atoms with Crippen LogP contribution in [0, 0.1) is 6.92 Å². The zero-order chi connectivity index (χ0) is 15.4. The van der Waals surface area contributed by atoms with Crippen LogP contribution in [-0.2, 0) is 13.6 Å². The number of carbonyl (C=O) groups is 1. The van der Waals surface area contributed by atoms with Crippen LogP contribution in [0.4, 0.5) is 5.69 Å². The van der Waals surface area contributed by atoms with Crippen molar-refractivity contribution in [3.05, 3.63) is 47.3 Å². The van der Waals surface area contributed by atoms with E-state index in [0.29, 0.717) is 30.2 Å². The van der Waals surface area contributed by atoms with Crippen LogP contribution < -0.4 is 5.73 Å². The van der Waals surface area contributed by atoms with E-state index in [1.807, 2.05) is 42.2 Å². The van der Waals surface area contributed by atoms with Gasteiger partial charge >= 0.3 is 0 Å². The molecule has 2 aromatic rings. The quantitative estimate of drug-likeness (QED) is 0.917. The molecule has 0 saturated heterocycles. The number of rotatable bonds is 5. The van der Waals surface area contributed by atoms with Crippen molar-refractivity contribution in [2.24, 2.45) is 7.05 Å². The van der Waals surface area contributed by atoms with Gasteiger partial charge in [-0.2, -0.15) is 5.10 Å². The number of anilines is 1. The Morgan fingerprint density at radius 3 is 2.52 bits per heavy atom. The van der Waals surface area contributed by atoms with Gasteiger partial charge in [-0.05, 0) is 18.9 Å². The molecule has 0 saturated carbocycles. The predicted octanol–water partition coefficient (Wildman–Crippen LogP) is 2.36. The number of hydrogen-bond acceptors (Lipinski definition) is 3. The number of hydrogen-bond donors (Lipinski definition) is 1. The molecule has 112 valence electrons. The molecular formula is C16H22N4O. The number of carbonyl (C=O) groups excluding carboxylic acids is 1. The van der Waals surface area contributed by atoms with E-state index in [-0.39, 0.29) is 5.91 Å². The third-order valence-electron chi connectivity index (χ3n) is 3.47. The summed E-state index contributed by atoms with van der Waals surface area (Å²) in [6.45, 7) is 5.14. The molecule has 0 radical (unpaired) electrons. The molecule has 1 aromatic carbocycles. The summed E-state index contributed by atoms with van der Waals surface area (Å²) in [6.07, 6.45) is 0.898. The minimum Gasteiger partial charge on any atom is -0.395 e. The molecule has 21 heavy (non-hydrogen) atoms. The van der Waals surface area contributed by atoms with Gasteiger partial charge < -0.3 is 10.6 Å². The van der Waals surface area contributed by atoms with E-state index in [1.165, 1.54) is 0 Å². The van der Waals surface area contributed by atoms with Gasteiger partial charge in [0.15, 0.2) is 0 Å². The topological polar surface area (TPSA) is 64.2 Å². The maximum atomic E-state index is 12.8. The Morgan fingerprint density at radius 1 is 1.33 bits per heavy atom. The van der Waals surface area contributed by atoms with Crippen molar-refractivity contribution < 1.29 is 4.79 Å². The van der Waals surface area contributed by atoms with Crippen molar-refractivity contribution in [1.29, 1.82) is 0 Å². The first-order chi connectivity index (χ1) is 10.0. The van der Waals surface area contributed by atoms with Crippen molar-refractivity contribution in [2.45, 2.75) is 26.8 Å². The molecule has 0 fully saturated rings. The smallest absolute Gasteiger partial charge is 0.274 e. The molecule has 1 amide bonds. The maximum absolute atomic E-state index is 12.8. The van der Waals surface area contributed by atoms with E-state index in [4.69, 9.17) is 5.73 Å². The number of benzene rings is 1. The molecule has 0 atom stereocenters. The monoisotopic (exact) mass is 286 g/mol. The second kappa shape index (κ2) is 6.43. The average Bonchev–Trinajstić information content (AvgIpc) is 2.72. The van der Waals surface area contributed by atoms with Gasteiger partial charge in [0.05, 0.1) is 11.4 Å². The summed E-state index contributed by atoms with van der Waals surface area (Å²) in [5.74, 6) is -0.0682. The van der Waals surface area contributed by atoms with Gasteiger partial charge in [0, 0.05) is 20.1 Å². The normalized spacial score (nSPS) is 10.6. The summed E-state index contributed by atoms with van der Waals surface area (Å²) in [4.78, 5) is 14.6. The lowest BCUT2D eigenvalue weighted by atomic mass is 10.2. The SMILES string of the molecule is CCCN(Cc1ccccc1)C(=O)c1c(N)c(C)nn1C. The zero-order valence-corrected chi connectivity index (χ0v) is 12.8. The van der Waals surface area contributed by atoms with Crippen molar-refractivity contribution >= 4 is 11.6 Å². The number of aromatic nitrogens is 2. The first-order valence-corrected chi connectivity index (χ1v) is 7.16. The molecule has 0 aliphatic rings. The molecule has 1 aromatic heterocycles. The molecule has 0 aliphatic carbocycles. The summed E-state index contributed by atoms with van der Waals surface area (Å²) < 4.78 is 1.57. The van der Waals surface area contributed by atoms with Crippen LogP contribution in [0.3, 0.4) is 0 Å². The average molecular weight is 286 g/mol. The van der Waals surface area contributed by atoms with E-state index in [1.54, 1.807) is 11.7 Å². The minimum absolute atomic E-state index is 0.0682. The largest absolute Gasteiger partial charge is 0.395 e. The zero-order valence-electron chi connectivity index (χ0n) is 12.8. The molecule has 5 nitrogen and oxygen atoms in total. The van der Waals surface area contributed by atoms with E-state index < -0.39 is 0 Å². The summed E-state index contributed by atoms with van der Waals surface area (Å²) in [7, 11) is 1.75. The molecule has 0 spiro atoms. The Kier molecular flexibility index (Phi) is 4.62. The second-order valence-corrected chi connectivity index (χ2v) is 5.18. The van der Waals surface area contributed by atoms with Gasteiger partial charge in [0.25, 0.3) is 5.91 Å². The number of nitrogens with zero attached hydrogens (tertiary/aromatic N) is 3. The van der Waals surface area contributed by atoms with Crippen molar-refractivity contribution in [3.8, 4) is 0 Å². The summed E-state index contributed by atoms with van der Waals surface area (Å²) in [6, 6.07) is 9.97. The summed E-state index contributed by atoms with van der Waals surface area (Å²) in [5, 5.41) is 4.23. The van der Waals surface area contributed by atoms with Gasteiger partial charge in [-0.15, -0.1) is 0 Å². The molecule has 0 unspecified atom stereocenters. The fraction of sp³-hybridized carbons (Fsp3) is 0.375. The third-order valence-corrected chi connectivity index (χ3v) is 3.47. The van der Waals surface area contributed by atoms with Crippen LogP contribution in [0.15, 0.2) is 30.3 Å². The lowest BCUT2D eigenvalue weighted by Crippen LogP contribution is -2.33. The van der Waals surface area contributed by atoms with E-state index >= 15 is 0 Å². The van der Waals surface area contributed by atoms with Gasteiger partial charge in [-0.3, -0.25) is 9.48 Å². The summed E-state index contributed by atoms with van der Waals surface area (Å²) in [5.41, 5.74) is 8.74. The highest BCUT2D eigenvalue weighted by atomic mass is 16.2. The van der Waals surface area contributed by atoms with E-state index in [9.17, 15) is 4.79 Å². The van der Waals surface area contributed by atoms with Crippen LogP contribution in [0.2, 0.25) is 0 Å². The Hall–Kier alpha value is -2.30. The molecular weight excluding hydrogens is 264 g/mol. The molecule has 5 heteroatoms. The summed E-state index contributed by atoms with van der Waals surface area (Å²) >= 11 is 0. The Balaban J connectivity index is 2.27. The van der Waals surface area contributed by atoms with E-state index in [0.717, 1.165) is 12.0 Å². The van der Waals surface area contributed by atoms with Crippen LogP contribution in [0.5, 0.6) is 0 Å².